The molecule has 0 saturated heterocycles. The van der Waals surface area contributed by atoms with Gasteiger partial charge in [-0.2, -0.15) is 0 Å². The number of unbranched alkanes of at least 4 members (excludes halogenated alkanes) is 1. The van der Waals surface area contributed by atoms with Gasteiger partial charge in [-0.05, 0) is 68.1 Å². The first-order valence-electron chi connectivity index (χ1n) is 13.0. The van der Waals surface area contributed by atoms with Crippen molar-refractivity contribution in [3.63, 3.8) is 0 Å². The summed E-state index contributed by atoms with van der Waals surface area (Å²) in [5.41, 5.74) is 5.32. The maximum Gasteiger partial charge on any atom is 0.339 e. The molecule has 0 spiro atoms. The normalized spacial score (nSPS) is 11.5. The number of ether oxygens (including phenoxy) is 1. The van der Waals surface area contributed by atoms with E-state index in [9.17, 15) is 9.59 Å². The average molecular weight is 513 g/mol. The molecule has 0 aliphatic rings. The highest BCUT2D eigenvalue weighted by Gasteiger charge is 2.21. The van der Waals surface area contributed by atoms with Gasteiger partial charge in [0.25, 0.3) is 0 Å². The Labute approximate surface area is 224 Å². The third-order valence-electron chi connectivity index (χ3n) is 6.33. The Hall–Kier alpha value is -3.97. The Bertz CT molecular complexity index is 1450. The summed E-state index contributed by atoms with van der Waals surface area (Å²) < 4.78 is 7.85. The molecule has 2 N–H and O–H groups in total. The smallest absolute Gasteiger partial charge is 0.339 e. The van der Waals surface area contributed by atoms with Crippen LogP contribution in [0.25, 0.3) is 22.2 Å². The summed E-state index contributed by atoms with van der Waals surface area (Å²) >= 11 is 0. The molecule has 0 fully saturated rings. The van der Waals surface area contributed by atoms with Crippen LogP contribution in [0.4, 0.5) is 5.69 Å². The lowest BCUT2D eigenvalue weighted by atomic mass is 9.98. The molecule has 0 aliphatic heterocycles. The summed E-state index contributed by atoms with van der Waals surface area (Å²) in [6, 6.07) is 21.5. The van der Waals surface area contributed by atoms with Crippen molar-refractivity contribution in [1.82, 2.24) is 9.55 Å². The van der Waals surface area contributed by atoms with E-state index < -0.39 is 5.60 Å². The van der Waals surface area contributed by atoms with Gasteiger partial charge >= 0.3 is 5.97 Å². The van der Waals surface area contributed by atoms with Gasteiger partial charge in [0.2, 0.25) is 5.91 Å². The Morgan fingerprint density at radius 3 is 2.39 bits per heavy atom. The minimum Gasteiger partial charge on any atom is -0.456 e. The van der Waals surface area contributed by atoms with Gasteiger partial charge in [-0.25, -0.2) is 20.6 Å². The monoisotopic (exact) mass is 512 g/mol. The van der Waals surface area contributed by atoms with E-state index in [-0.39, 0.29) is 11.9 Å². The predicted molar refractivity (Wildman–Crippen MR) is 152 cm³/mol. The number of aromatic nitrogens is 2. The van der Waals surface area contributed by atoms with Crippen LogP contribution in [0, 0.1) is 0 Å². The van der Waals surface area contributed by atoms with Crippen molar-refractivity contribution in [2.75, 3.05) is 5.01 Å². The van der Waals surface area contributed by atoms with Gasteiger partial charge in [0.1, 0.15) is 11.4 Å². The summed E-state index contributed by atoms with van der Waals surface area (Å²) in [4.78, 5) is 29.4. The molecule has 1 amide bonds. The van der Waals surface area contributed by atoms with Gasteiger partial charge < -0.3 is 9.30 Å². The standard InChI is InChI=1S/C31H36N4O3/c1-6-7-12-29-33-27-19-24(35(32)21(2)36)17-18-28(27)34(29)20-22-13-15-23(16-14-22)25-10-8-9-11-26(25)30(37)38-31(3,4)5/h8-11,13-19H,6-7,12,20,32H2,1-5H3. The second kappa shape index (κ2) is 11.2. The van der Waals surface area contributed by atoms with Crippen LogP contribution >= 0.6 is 0 Å². The number of aryl methyl sites for hydroxylation is 1. The molecule has 0 unspecified atom stereocenters. The zero-order valence-corrected chi connectivity index (χ0v) is 22.8. The van der Waals surface area contributed by atoms with E-state index in [0.717, 1.165) is 57.8 Å². The molecule has 0 radical (unpaired) electrons. The maximum absolute atomic E-state index is 12.8. The summed E-state index contributed by atoms with van der Waals surface area (Å²) in [6.07, 6.45) is 2.97. The lowest BCUT2D eigenvalue weighted by Crippen LogP contribution is -2.35. The highest BCUT2D eigenvalue weighted by molar-refractivity contribution is 5.97. The molecule has 0 atom stereocenters. The SMILES string of the molecule is CCCCc1nc2cc(N(N)C(C)=O)ccc2n1Cc1ccc(-c2ccccc2C(=O)OC(C)(C)C)cc1. The Morgan fingerprint density at radius 1 is 1.03 bits per heavy atom. The second-order valence-electron chi connectivity index (χ2n) is 10.5. The summed E-state index contributed by atoms with van der Waals surface area (Å²) in [7, 11) is 0. The fourth-order valence-corrected chi connectivity index (χ4v) is 4.42. The molecule has 4 rings (SSSR count). The van der Waals surface area contributed by atoms with E-state index in [4.69, 9.17) is 15.6 Å². The van der Waals surface area contributed by atoms with Gasteiger partial charge in [0, 0.05) is 19.9 Å². The van der Waals surface area contributed by atoms with Crippen molar-refractivity contribution in [3.05, 3.63) is 83.7 Å². The third-order valence-corrected chi connectivity index (χ3v) is 6.33. The van der Waals surface area contributed by atoms with Crippen LogP contribution in [-0.2, 0) is 22.5 Å². The highest BCUT2D eigenvalue weighted by Crippen LogP contribution is 2.28. The summed E-state index contributed by atoms with van der Waals surface area (Å²) in [5.74, 6) is 6.36. The molecule has 3 aromatic carbocycles. The largest absolute Gasteiger partial charge is 0.456 e. The van der Waals surface area contributed by atoms with Crippen LogP contribution < -0.4 is 10.9 Å². The van der Waals surface area contributed by atoms with Crippen molar-refractivity contribution < 1.29 is 14.3 Å². The zero-order chi connectivity index (χ0) is 27.4. The molecule has 0 aliphatic carbocycles. The Morgan fingerprint density at radius 2 is 1.74 bits per heavy atom. The van der Waals surface area contributed by atoms with Crippen LogP contribution in [-0.4, -0.2) is 27.0 Å². The number of carbonyl (C=O) groups is 2. The molecule has 0 bridgehead atoms. The molecule has 4 aromatic rings. The molecule has 198 valence electrons. The van der Waals surface area contributed by atoms with E-state index >= 15 is 0 Å². The fraction of sp³-hybridized carbons (Fsp3) is 0.323. The third kappa shape index (κ3) is 6.11. The van der Waals surface area contributed by atoms with Gasteiger partial charge in [-0.1, -0.05) is 55.8 Å². The van der Waals surface area contributed by atoms with E-state index in [0.29, 0.717) is 17.8 Å². The number of hydrogen-bond acceptors (Lipinski definition) is 5. The number of nitrogens with two attached hydrogens (primary N) is 1. The lowest BCUT2D eigenvalue weighted by molar-refractivity contribution is -0.116. The summed E-state index contributed by atoms with van der Waals surface area (Å²) in [6.45, 7) is 9.86. The number of esters is 1. The van der Waals surface area contributed by atoms with Crippen molar-refractivity contribution in [3.8, 4) is 11.1 Å². The minimum atomic E-state index is -0.563. The second-order valence-corrected chi connectivity index (χ2v) is 10.5. The Balaban J connectivity index is 1.64. The molecule has 1 heterocycles. The number of hydrazine groups is 1. The number of rotatable bonds is 8. The number of carbonyl (C=O) groups excluding carboxylic acids is 2. The fourth-order valence-electron chi connectivity index (χ4n) is 4.42. The average Bonchev–Trinajstić information content (AvgIpc) is 3.22. The van der Waals surface area contributed by atoms with E-state index in [1.165, 1.54) is 6.92 Å². The highest BCUT2D eigenvalue weighted by atomic mass is 16.6. The van der Waals surface area contributed by atoms with Gasteiger partial charge in [0.15, 0.2) is 0 Å². The maximum atomic E-state index is 12.8. The first-order chi connectivity index (χ1) is 18.1. The number of fused-ring (bicyclic) bond motifs is 1. The van der Waals surface area contributed by atoms with Crippen LogP contribution in [0.1, 0.15) is 69.2 Å². The van der Waals surface area contributed by atoms with Gasteiger partial charge in [0.05, 0.1) is 22.3 Å². The molecule has 7 heteroatoms. The minimum absolute atomic E-state index is 0.233. The van der Waals surface area contributed by atoms with E-state index in [1.54, 1.807) is 6.07 Å². The predicted octanol–water partition coefficient (Wildman–Crippen LogP) is 6.28. The number of anilines is 1. The van der Waals surface area contributed by atoms with Crippen molar-refractivity contribution in [1.29, 1.82) is 0 Å². The van der Waals surface area contributed by atoms with Crippen LogP contribution in [0.5, 0.6) is 0 Å². The number of amides is 1. The van der Waals surface area contributed by atoms with Crippen LogP contribution in [0.2, 0.25) is 0 Å². The number of nitrogens with zero attached hydrogens (tertiary/aromatic N) is 3. The van der Waals surface area contributed by atoms with Crippen LogP contribution in [0.15, 0.2) is 66.7 Å². The molecular weight excluding hydrogens is 476 g/mol. The van der Waals surface area contributed by atoms with Crippen LogP contribution in [0.3, 0.4) is 0 Å². The first kappa shape index (κ1) is 27.1. The molecule has 1 aromatic heterocycles. The van der Waals surface area contributed by atoms with Crippen molar-refractivity contribution in [2.45, 2.75) is 66.0 Å². The van der Waals surface area contributed by atoms with Gasteiger partial charge in [-0.3, -0.25) is 4.79 Å². The number of benzene rings is 3. The molecular formula is C31H36N4O3. The van der Waals surface area contributed by atoms with Crippen molar-refractivity contribution >= 4 is 28.6 Å². The number of hydrogen-bond donors (Lipinski definition) is 1. The first-order valence-corrected chi connectivity index (χ1v) is 13.0. The molecule has 7 nitrogen and oxygen atoms in total. The molecule has 0 saturated carbocycles. The van der Waals surface area contributed by atoms with Crippen molar-refractivity contribution in [2.24, 2.45) is 5.84 Å². The lowest BCUT2D eigenvalue weighted by Gasteiger charge is -2.20. The zero-order valence-electron chi connectivity index (χ0n) is 22.8. The van der Waals surface area contributed by atoms with E-state index in [1.807, 2.05) is 69.3 Å². The molecule has 38 heavy (non-hydrogen) atoms. The van der Waals surface area contributed by atoms with E-state index in [2.05, 4.69) is 23.6 Å². The number of imidazole rings is 1. The quantitative estimate of drug-likeness (QED) is 0.130. The van der Waals surface area contributed by atoms with Gasteiger partial charge in [-0.15, -0.1) is 0 Å². The Kier molecular flexibility index (Phi) is 7.97. The summed E-state index contributed by atoms with van der Waals surface area (Å²) in [5, 5.41) is 1.14. The topological polar surface area (TPSA) is 90.5 Å².